The van der Waals surface area contributed by atoms with Gasteiger partial charge < -0.3 is 0 Å². The van der Waals surface area contributed by atoms with Gasteiger partial charge in [0.1, 0.15) is 5.69 Å². The molecular formula is C21H14N6. The molecule has 6 nitrogen and oxygen atoms in total. The second-order valence-electron chi connectivity index (χ2n) is 6.02. The maximum atomic E-state index is 4.72. The fourth-order valence-corrected chi connectivity index (χ4v) is 2.97. The van der Waals surface area contributed by atoms with E-state index in [4.69, 9.17) is 4.98 Å². The van der Waals surface area contributed by atoms with Gasteiger partial charge in [-0.2, -0.15) is 0 Å². The van der Waals surface area contributed by atoms with Crippen molar-refractivity contribution in [3.8, 4) is 22.6 Å². The molecule has 0 saturated heterocycles. The fourth-order valence-electron chi connectivity index (χ4n) is 2.97. The predicted octanol–water partition coefficient (Wildman–Crippen LogP) is 2.80. The first-order valence-electron chi connectivity index (χ1n) is 8.54. The molecule has 0 atom stereocenters. The molecule has 128 valence electrons. The Bertz CT molecular complexity index is 1250. The Morgan fingerprint density at radius 1 is 0.778 bits per heavy atom. The molecule has 0 aliphatic heterocycles. The van der Waals surface area contributed by atoms with Gasteiger partial charge in [0.25, 0.3) is 0 Å². The number of aromatic nitrogens is 6. The summed E-state index contributed by atoms with van der Waals surface area (Å²) in [5.74, 6) is 0.598. The van der Waals surface area contributed by atoms with Crippen LogP contribution in [0.3, 0.4) is 0 Å². The maximum absolute atomic E-state index is 4.72. The van der Waals surface area contributed by atoms with E-state index in [0.29, 0.717) is 11.5 Å². The van der Waals surface area contributed by atoms with E-state index in [-0.39, 0.29) is 0 Å². The van der Waals surface area contributed by atoms with Crippen molar-refractivity contribution in [1.82, 2.24) is 29.8 Å². The molecule has 0 amide bonds. The van der Waals surface area contributed by atoms with Gasteiger partial charge >= 0.3 is 0 Å². The van der Waals surface area contributed by atoms with Gasteiger partial charge in [-0.15, -0.1) is 14.8 Å². The lowest BCUT2D eigenvalue weighted by molar-refractivity contribution is 0.828. The third-order valence-corrected chi connectivity index (χ3v) is 4.23. The highest BCUT2D eigenvalue weighted by atomic mass is 15.5. The number of pyridine rings is 2. The summed E-state index contributed by atoms with van der Waals surface area (Å²) in [6, 6.07) is 19.6. The van der Waals surface area contributed by atoms with Crippen LogP contribution in [-0.4, -0.2) is 29.8 Å². The van der Waals surface area contributed by atoms with Gasteiger partial charge in [0.05, 0.1) is 10.9 Å². The first-order chi connectivity index (χ1) is 13.4. The largest absolute Gasteiger partial charge is 0.264 e. The standard InChI is InChI=1S/C21H14N6/c1-2-7-15(8-3-1)19-18(13-17-10-4-5-12-23-17)21-24-20(26-27(21)25-19)16-9-6-11-22-14-16/h1-14H. The summed E-state index contributed by atoms with van der Waals surface area (Å²) >= 11 is 0. The van der Waals surface area contributed by atoms with Gasteiger partial charge in [-0.3, -0.25) is 9.97 Å². The van der Waals surface area contributed by atoms with Crippen LogP contribution in [0.25, 0.3) is 34.4 Å². The van der Waals surface area contributed by atoms with Crippen molar-refractivity contribution in [2.45, 2.75) is 0 Å². The molecule has 1 aromatic carbocycles. The number of rotatable bonds is 3. The zero-order valence-electron chi connectivity index (χ0n) is 14.3. The molecule has 0 unspecified atom stereocenters. The summed E-state index contributed by atoms with van der Waals surface area (Å²) in [4.78, 5) is 13.3. The first kappa shape index (κ1) is 15.3. The van der Waals surface area contributed by atoms with Gasteiger partial charge in [-0.25, -0.2) is 4.98 Å². The summed E-state index contributed by atoms with van der Waals surface area (Å²) in [6.07, 6.45) is 7.24. The summed E-state index contributed by atoms with van der Waals surface area (Å²) in [5.41, 5.74) is 4.23. The number of hydrogen-bond acceptors (Lipinski definition) is 5. The smallest absolute Gasteiger partial charge is 0.186 e. The third-order valence-electron chi connectivity index (χ3n) is 4.23. The number of nitrogens with zero attached hydrogens (tertiary/aromatic N) is 6. The van der Waals surface area contributed by atoms with Crippen LogP contribution in [0.4, 0.5) is 0 Å². The quantitative estimate of drug-likeness (QED) is 0.500. The van der Waals surface area contributed by atoms with Gasteiger partial charge in [-0.05, 0) is 30.3 Å². The Labute approximate surface area is 154 Å². The average molecular weight is 350 g/mol. The lowest BCUT2D eigenvalue weighted by Gasteiger charge is -1.96. The van der Waals surface area contributed by atoms with Crippen LogP contribution in [0.2, 0.25) is 0 Å². The van der Waals surface area contributed by atoms with Crippen LogP contribution in [0, 0.1) is 0 Å². The van der Waals surface area contributed by atoms with Gasteiger partial charge in [0.15, 0.2) is 11.5 Å². The van der Waals surface area contributed by atoms with E-state index in [1.807, 2.05) is 66.7 Å². The molecule has 0 fully saturated rings. The van der Waals surface area contributed by atoms with Crippen molar-refractivity contribution in [3.63, 3.8) is 0 Å². The molecule has 0 aliphatic carbocycles. The van der Waals surface area contributed by atoms with E-state index < -0.39 is 0 Å². The zero-order valence-corrected chi connectivity index (χ0v) is 14.3. The molecule has 4 aromatic heterocycles. The van der Waals surface area contributed by atoms with Crippen molar-refractivity contribution in [1.29, 1.82) is 0 Å². The normalized spacial score (nSPS) is 11.9. The van der Waals surface area contributed by atoms with Crippen LogP contribution in [0.1, 0.15) is 5.69 Å². The molecule has 0 spiro atoms. The number of fused-ring (bicyclic) bond motifs is 1. The van der Waals surface area contributed by atoms with Crippen molar-refractivity contribution >= 4 is 11.7 Å². The Kier molecular flexibility index (Phi) is 3.65. The summed E-state index contributed by atoms with van der Waals surface area (Å²) < 4.78 is 1.58. The molecule has 6 heteroatoms. The first-order valence-corrected chi connectivity index (χ1v) is 8.54. The second-order valence-corrected chi connectivity index (χ2v) is 6.02. The minimum absolute atomic E-state index is 0.598. The second kappa shape index (κ2) is 6.42. The SMILES string of the molecule is C(c1ccccn1)=c1c(-c2ccccc2)nn2nc(-c3cccnc3)nc12. The predicted molar refractivity (Wildman–Crippen MR) is 102 cm³/mol. The van der Waals surface area contributed by atoms with Crippen LogP contribution in [0.15, 0.2) is 79.3 Å². The highest BCUT2D eigenvalue weighted by molar-refractivity contribution is 5.71. The monoisotopic (exact) mass is 350 g/mol. The highest BCUT2D eigenvalue weighted by Gasteiger charge is 2.15. The van der Waals surface area contributed by atoms with Gasteiger partial charge in [-0.1, -0.05) is 36.4 Å². The molecule has 0 bridgehead atoms. The summed E-state index contributed by atoms with van der Waals surface area (Å²) in [6.45, 7) is 0. The van der Waals surface area contributed by atoms with E-state index >= 15 is 0 Å². The number of benzene rings is 1. The van der Waals surface area contributed by atoms with Crippen molar-refractivity contribution in [3.05, 3.63) is 90.2 Å². The minimum Gasteiger partial charge on any atom is -0.264 e. The number of hydrogen-bond donors (Lipinski definition) is 0. The Balaban J connectivity index is 1.77. The molecule has 0 saturated carbocycles. The Hall–Kier alpha value is -3.93. The van der Waals surface area contributed by atoms with Crippen LogP contribution >= 0.6 is 0 Å². The molecule has 5 rings (SSSR count). The Morgan fingerprint density at radius 3 is 2.41 bits per heavy atom. The molecule has 4 heterocycles. The highest BCUT2D eigenvalue weighted by Crippen LogP contribution is 2.17. The molecule has 0 aliphatic rings. The zero-order chi connectivity index (χ0) is 18.1. The lowest BCUT2D eigenvalue weighted by atomic mass is 10.1. The van der Waals surface area contributed by atoms with Gasteiger partial charge in [0, 0.05) is 29.7 Å². The summed E-state index contributed by atoms with van der Waals surface area (Å²) in [5, 5.41) is 10.1. The lowest BCUT2D eigenvalue weighted by Crippen LogP contribution is -2.04. The van der Waals surface area contributed by atoms with E-state index in [2.05, 4.69) is 20.2 Å². The Morgan fingerprint density at radius 2 is 1.63 bits per heavy atom. The molecule has 0 N–H and O–H groups in total. The van der Waals surface area contributed by atoms with E-state index in [9.17, 15) is 0 Å². The van der Waals surface area contributed by atoms with Crippen molar-refractivity contribution in [2.75, 3.05) is 0 Å². The van der Waals surface area contributed by atoms with Crippen LogP contribution in [-0.2, 0) is 0 Å². The molecule has 27 heavy (non-hydrogen) atoms. The molecule has 5 aromatic rings. The topological polar surface area (TPSA) is 68.9 Å². The van der Waals surface area contributed by atoms with Crippen molar-refractivity contribution < 1.29 is 0 Å². The average Bonchev–Trinajstić information content (AvgIpc) is 3.30. The van der Waals surface area contributed by atoms with Gasteiger partial charge in [0.2, 0.25) is 0 Å². The molecule has 0 radical (unpaired) electrons. The van der Waals surface area contributed by atoms with E-state index in [1.165, 1.54) is 0 Å². The van der Waals surface area contributed by atoms with Crippen LogP contribution in [0.5, 0.6) is 0 Å². The molecular weight excluding hydrogens is 336 g/mol. The summed E-state index contributed by atoms with van der Waals surface area (Å²) in [7, 11) is 0. The third kappa shape index (κ3) is 2.83. The van der Waals surface area contributed by atoms with Crippen LogP contribution < -0.4 is 5.22 Å². The minimum atomic E-state index is 0.598. The van der Waals surface area contributed by atoms with E-state index in [0.717, 1.165) is 27.7 Å². The maximum Gasteiger partial charge on any atom is 0.186 e. The van der Waals surface area contributed by atoms with Crippen molar-refractivity contribution in [2.24, 2.45) is 0 Å². The fraction of sp³-hybridized carbons (Fsp3) is 0. The van der Waals surface area contributed by atoms with E-state index in [1.54, 1.807) is 23.2 Å².